The Bertz CT molecular complexity index is 696. The lowest BCUT2D eigenvalue weighted by molar-refractivity contribution is 0.101. The Kier molecular flexibility index (Phi) is 5.34. The third-order valence-corrected chi connectivity index (χ3v) is 4.95. The Balaban J connectivity index is 1.73. The van der Waals surface area contributed by atoms with Gasteiger partial charge in [-0.2, -0.15) is 0 Å². The molecule has 1 saturated carbocycles. The first-order valence-electron chi connectivity index (χ1n) is 8.92. The molecule has 1 aliphatic rings. The van der Waals surface area contributed by atoms with Gasteiger partial charge >= 0.3 is 0 Å². The van der Waals surface area contributed by atoms with Gasteiger partial charge in [-0.1, -0.05) is 43.2 Å². The van der Waals surface area contributed by atoms with E-state index in [1.165, 1.54) is 36.0 Å². The van der Waals surface area contributed by atoms with Crippen LogP contribution in [-0.2, 0) is 19.3 Å². The molecule has 2 nitrogen and oxygen atoms in total. The number of benzene rings is 2. The topological polar surface area (TPSA) is 26.3 Å². The number of ether oxygens (including phenoxy) is 1. The van der Waals surface area contributed by atoms with Gasteiger partial charge < -0.3 is 4.74 Å². The average Bonchev–Trinajstić information content (AvgIpc) is 3.42. The molecule has 0 heterocycles. The smallest absolute Gasteiger partial charge is 0.160 e. The molecule has 0 bridgehead atoms. The molecule has 3 rings (SSSR count). The minimum absolute atomic E-state index is 0.200. The Labute approximate surface area is 144 Å². The molecule has 0 amide bonds. The second-order valence-electron chi connectivity index (χ2n) is 6.84. The standard InChI is InChI=1S/C22H26O2/c1-16(23)22-19(12-8-17-6-7-17)4-3-5-20(22)13-9-18-10-14-21(24-2)15-11-18/h3-5,10-11,14-15,17H,6-9,12-13H2,1-2H3. The summed E-state index contributed by atoms with van der Waals surface area (Å²) in [5.41, 5.74) is 4.66. The number of rotatable bonds is 8. The maximum Gasteiger partial charge on any atom is 0.160 e. The van der Waals surface area contributed by atoms with Gasteiger partial charge in [0.1, 0.15) is 5.75 Å². The van der Waals surface area contributed by atoms with Gasteiger partial charge in [-0.25, -0.2) is 0 Å². The zero-order valence-corrected chi connectivity index (χ0v) is 14.7. The summed E-state index contributed by atoms with van der Waals surface area (Å²) in [4.78, 5) is 12.2. The largest absolute Gasteiger partial charge is 0.497 e. The summed E-state index contributed by atoms with van der Waals surface area (Å²) in [6.07, 6.45) is 6.84. The molecular formula is C22H26O2. The highest BCUT2D eigenvalue weighted by molar-refractivity contribution is 5.97. The zero-order chi connectivity index (χ0) is 16.9. The van der Waals surface area contributed by atoms with E-state index >= 15 is 0 Å². The predicted octanol–water partition coefficient (Wildman–Crippen LogP) is 5.03. The van der Waals surface area contributed by atoms with Gasteiger partial charge in [0.2, 0.25) is 0 Å². The number of methoxy groups -OCH3 is 1. The van der Waals surface area contributed by atoms with E-state index in [2.05, 4.69) is 30.3 Å². The fraction of sp³-hybridized carbons (Fsp3) is 0.409. The summed E-state index contributed by atoms with van der Waals surface area (Å²) < 4.78 is 5.20. The van der Waals surface area contributed by atoms with Crippen LogP contribution in [0.15, 0.2) is 42.5 Å². The van der Waals surface area contributed by atoms with E-state index in [9.17, 15) is 4.79 Å². The second-order valence-corrected chi connectivity index (χ2v) is 6.84. The average molecular weight is 322 g/mol. The molecule has 0 N–H and O–H groups in total. The number of hydrogen-bond acceptors (Lipinski definition) is 2. The molecule has 0 unspecified atom stereocenters. The van der Waals surface area contributed by atoms with Crippen molar-refractivity contribution in [1.29, 1.82) is 0 Å². The fourth-order valence-electron chi connectivity index (χ4n) is 3.36. The Morgan fingerprint density at radius 1 is 1.00 bits per heavy atom. The van der Waals surface area contributed by atoms with E-state index in [-0.39, 0.29) is 5.78 Å². The van der Waals surface area contributed by atoms with Gasteiger partial charge in [-0.15, -0.1) is 0 Å². The van der Waals surface area contributed by atoms with E-state index in [1.807, 2.05) is 12.1 Å². The van der Waals surface area contributed by atoms with Crippen LogP contribution in [0.4, 0.5) is 0 Å². The minimum atomic E-state index is 0.200. The molecule has 126 valence electrons. The van der Waals surface area contributed by atoms with Crippen LogP contribution in [0, 0.1) is 5.92 Å². The molecule has 0 saturated heterocycles. The first-order chi connectivity index (χ1) is 11.7. The van der Waals surface area contributed by atoms with Crippen molar-refractivity contribution in [3.8, 4) is 5.75 Å². The Morgan fingerprint density at radius 3 is 2.25 bits per heavy atom. The molecule has 0 atom stereocenters. The zero-order valence-electron chi connectivity index (χ0n) is 14.7. The van der Waals surface area contributed by atoms with Crippen molar-refractivity contribution in [2.75, 3.05) is 7.11 Å². The van der Waals surface area contributed by atoms with E-state index in [1.54, 1.807) is 14.0 Å². The van der Waals surface area contributed by atoms with Crippen LogP contribution in [0.1, 0.15) is 53.2 Å². The molecule has 2 aromatic carbocycles. The van der Waals surface area contributed by atoms with Crippen molar-refractivity contribution in [1.82, 2.24) is 0 Å². The van der Waals surface area contributed by atoms with Gasteiger partial charge in [0.25, 0.3) is 0 Å². The van der Waals surface area contributed by atoms with Gasteiger partial charge in [0, 0.05) is 5.56 Å². The summed E-state index contributed by atoms with van der Waals surface area (Å²) >= 11 is 0. The van der Waals surface area contributed by atoms with Crippen molar-refractivity contribution in [3.05, 3.63) is 64.7 Å². The van der Waals surface area contributed by atoms with Crippen LogP contribution >= 0.6 is 0 Å². The van der Waals surface area contributed by atoms with Gasteiger partial charge in [-0.3, -0.25) is 4.79 Å². The van der Waals surface area contributed by atoms with Crippen LogP contribution < -0.4 is 4.74 Å². The summed E-state index contributed by atoms with van der Waals surface area (Å²) in [6.45, 7) is 1.70. The highest BCUT2D eigenvalue weighted by Gasteiger charge is 2.22. The Hall–Kier alpha value is -2.09. The van der Waals surface area contributed by atoms with Gasteiger partial charge in [0.05, 0.1) is 7.11 Å². The molecule has 0 aliphatic heterocycles. The van der Waals surface area contributed by atoms with Gasteiger partial charge in [0.15, 0.2) is 5.78 Å². The second kappa shape index (κ2) is 7.65. The first kappa shape index (κ1) is 16.8. The monoisotopic (exact) mass is 322 g/mol. The number of Topliss-reactive ketones (excluding diaryl/α,β-unsaturated/α-hetero) is 1. The number of ketones is 1. The minimum Gasteiger partial charge on any atom is -0.497 e. The van der Waals surface area contributed by atoms with Crippen molar-refractivity contribution < 1.29 is 9.53 Å². The third-order valence-electron chi connectivity index (χ3n) is 4.95. The predicted molar refractivity (Wildman–Crippen MR) is 97.9 cm³/mol. The maximum absolute atomic E-state index is 12.2. The first-order valence-corrected chi connectivity index (χ1v) is 8.92. The molecule has 2 heteroatoms. The number of carbonyl (C=O) groups is 1. The third kappa shape index (κ3) is 4.25. The van der Waals surface area contributed by atoms with Crippen LogP contribution in [0.3, 0.4) is 0 Å². The highest BCUT2D eigenvalue weighted by Crippen LogP contribution is 2.34. The van der Waals surface area contributed by atoms with E-state index in [0.29, 0.717) is 0 Å². The lowest BCUT2D eigenvalue weighted by Crippen LogP contribution is -2.07. The molecule has 1 fully saturated rings. The molecule has 2 aromatic rings. The number of carbonyl (C=O) groups excluding carboxylic acids is 1. The summed E-state index contributed by atoms with van der Waals surface area (Å²) in [7, 11) is 1.68. The molecule has 24 heavy (non-hydrogen) atoms. The lowest BCUT2D eigenvalue weighted by atomic mass is 9.91. The molecule has 0 spiro atoms. The molecule has 0 aromatic heterocycles. The maximum atomic E-state index is 12.2. The summed E-state index contributed by atoms with van der Waals surface area (Å²) in [5, 5.41) is 0. The summed E-state index contributed by atoms with van der Waals surface area (Å²) in [5.74, 6) is 1.98. The van der Waals surface area contributed by atoms with E-state index in [4.69, 9.17) is 4.74 Å². The Morgan fingerprint density at radius 2 is 1.67 bits per heavy atom. The quantitative estimate of drug-likeness (QED) is 0.637. The molecular weight excluding hydrogens is 296 g/mol. The van der Waals surface area contributed by atoms with Crippen molar-refractivity contribution >= 4 is 5.78 Å². The number of aryl methyl sites for hydroxylation is 3. The van der Waals surface area contributed by atoms with Crippen molar-refractivity contribution in [3.63, 3.8) is 0 Å². The lowest BCUT2D eigenvalue weighted by Gasteiger charge is -2.13. The SMILES string of the molecule is COc1ccc(CCc2cccc(CCC3CC3)c2C(C)=O)cc1. The summed E-state index contributed by atoms with van der Waals surface area (Å²) in [6, 6.07) is 14.5. The van der Waals surface area contributed by atoms with E-state index in [0.717, 1.165) is 36.5 Å². The van der Waals surface area contributed by atoms with Crippen LogP contribution in [0.5, 0.6) is 5.75 Å². The number of hydrogen-bond donors (Lipinski definition) is 0. The van der Waals surface area contributed by atoms with Gasteiger partial charge in [-0.05, 0) is 67.3 Å². The molecule has 0 radical (unpaired) electrons. The molecule has 1 aliphatic carbocycles. The van der Waals surface area contributed by atoms with Crippen LogP contribution in [-0.4, -0.2) is 12.9 Å². The van der Waals surface area contributed by atoms with Crippen LogP contribution in [0.25, 0.3) is 0 Å². The normalized spacial score (nSPS) is 13.8. The van der Waals surface area contributed by atoms with Crippen LogP contribution in [0.2, 0.25) is 0 Å². The van der Waals surface area contributed by atoms with Crippen molar-refractivity contribution in [2.45, 2.75) is 45.4 Å². The fourth-order valence-corrected chi connectivity index (χ4v) is 3.36. The highest BCUT2D eigenvalue weighted by atomic mass is 16.5. The van der Waals surface area contributed by atoms with E-state index < -0.39 is 0 Å². The van der Waals surface area contributed by atoms with Crippen molar-refractivity contribution in [2.24, 2.45) is 5.92 Å².